The highest BCUT2D eigenvalue weighted by Crippen LogP contribution is 2.46. The van der Waals surface area contributed by atoms with Crippen LogP contribution in [0.1, 0.15) is 17.0 Å². The average molecular weight is 355 g/mol. The van der Waals surface area contributed by atoms with E-state index in [1.54, 1.807) is 18.2 Å². The normalized spacial score (nSPS) is 18.7. The molecule has 2 N–H and O–H groups in total. The molecule has 0 spiro atoms. The number of allylic oxidation sites excluding steroid dienone is 1. The summed E-state index contributed by atoms with van der Waals surface area (Å²) in [7, 11) is 0. The summed E-state index contributed by atoms with van der Waals surface area (Å²) in [6.07, 6.45) is 0. The van der Waals surface area contributed by atoms with Crippen molar-refractivity contribution in [3.8, 4) is 11.8 Å². The van der Waals surface area contributed by atoms with Crippen LogP contribution in [0.5, 0.6) is 5.75 Å². The van der Waals surface area contributed by atoms with E-state index in [4.69, 9.17) is 26.8 Å². The molecule has 6 heteroatoms. The minimum Gasteiger partial charge on any atom is -0.488 e. The third kappa shape index (κ3) is 2.51. The Labute approximate surface area is 148 Å². The van der Waals surface area contributed by atoms with E-state index in [0.29, 0.717) is 27.7 Å². The van der Waals surface area contributed by atoms with Gasteiger partial charge in [0.15, 0.2) is 0 Å². The van der Waals surface area contributed by atoms with E-state index < -0.39 is 11.7 Å². The summed E-state index contributed by atoms with van der Waals surface area (Å²) >= 11 is 5.97. The molecule has 0 fully saturated rings. The Morgan fingerprint density at radius 3 is 2.68 bits per heavy atom. The van der Waals surface area contributed by atoms with Gasteiger partial charge in [-0.15, -0.1) is 0 Å². The van der Waals surface area contributed by atoms with E-state index in [1.807, 2.05) is 12.1 Å². The van der Waals surface area contributed by atoms with E-state index in [-0.39, 0.29) is 12.5 Å². The number of benzene rings is 2. The van der Waals surface area contributed by atoms with Gasteiger partial charge in [0.05, 0.1) is 11.5 Å². The number of halogens is 2. The summed E-state index contributed by atoms with van der Waals surface area (Å²) in [6.45, 7) is 0.222. The molecule has 4 nitrogen and oxygen atoms in total. The predicted octanol–water partition coefficient (Wildman–Crippen LogP) is 4.09. The maximum Gasteiger partial charge on any atom is 0.205 e. The van der Waals surface area contributed by atoms with Crippen LogP contribution < -0.4 is 10.5 Å². The number of hydrogen-bond donors (Lipinski definition) is 1. The quantitative estimate of drug-likeness (QED) is 0.837. The molecule has 0 amide bonds. The lowest BCUT2D eigenvalue weighted by Crippen LogP contribution is -2.26. The second kappa shape index (κ2) is 5.83. The molecule has 2 heterocycles. The first kappa shape index (κ1) is 15.6. The van der Waals surface area contributed by atoms with Crippen molar-refractivity contribution in [3.05, 3.63) is 81.5 Å². The number of rotatable bonds is 1. The van der Waals surface area contributed by atoms with E-state index in [2.05, 4.69) is 6.07 Å². The summed E-state index contributed by atoms with van der Waals surface area (Å²) in [5, 5.41) is 10.2. The van der Waals surface area contributed by atoms with Gasteiger partial charge < -0.3 is 15.2 Å². The standard InChI is InChI=1S/C19H12ClFN2O2/c20-11-3-1-10(2-4-11)17-14(8-22)19(23)25-18-13-7-12(21)5-6-16(13)24-9-15(17)18/h1-7,17H,9,23H2/t17-/m0/s1. The van der Waals surface area contributed by atoms with Gasteiger partial charge in [0, 0.05) is 10.6 Å². The number of nitriles is 1. The first-order valence-corrected chi connectivity index (χ1v) is 7.95. The van der Waals surface area contributed by atoms with Crippen molar-refractivity contribution in [1.29, 1.82) is 5.26 Å². The van der Waals surface area contributed by atoms with Gasteiger partial charge in [-0.1, -0.05) is 23.7 Å². The van der Waals surface area contributed by atoms with Gasteiger partial charge in [0.1, 0.15) is 35.6 Å². The fourth-order valence-electron chi connectivity index (χ4n) is 3.16. The van der Waals surface area contributed by atoms with Crippen LogP contribution in [0.4, 0.5) is 4.39 Å². The Balaban J connectivity index is 1.92. The molecular weight excluding hydrogens is 343 g/mol. The molecular formula is C19H12ClFN2O2. The molecule has 0 bridgehead atoms. The minimum absolute atomic E-state index is 0.0123. The number of fused-ring (bicyclic) bond motifs is 2. The third-order valence-electron chi connectivity index (χ3n) is 4.30. The van der Waals surface area contributed by atoms with Gasteiger partial charge in [-0.2, -0.15) is 5.26 Å². The molecule has 2 aliphatic rings. The zero-order valence-electron chi connectivity index (χ0n) is 12.9. The van der Waals surface area contributed by atoms with E-state index in [1.165, 1.54) is 12.1 Å². The van der Waals surface area contributed by atoms with Gasteiger partial charge in [-0.3, -0.25) is 0 Å². The first-order chi connectivity index (χ1) is 12.1. The molecule has 1 atom stereocenters. The highest BCUT2D eigenvalue weighted by Gasteiger charge is 2.36. The lowest BCUT2D eigenvalue weighted by Gasteiger charge is -2.33. The fraction of sp³-hybridized carbons (Fsp3) is 0.105. The Hall–Kier alpha value is -2.97. The van der Waals surface area contributed by atoms with Crippen molar-refractivity contribution >= 4 is 17.4 Å². The lowest BCUT2D eigenvalue weighted by atomic mass is 9.81. The van der Waals surface area contributed by atoms with Crippen LogP contribution in [0.3, 0.4) is 0 Å². The number of ether oxygens (including phenoxy) is 2. The van der Waals surface area contributed by atoms with Gasteiger partial charge in [-0.25, -0.2) is 4.39 Å². The molecule has 25 heavy (non-hydrogen) atoms. The largest absolute Gasteiger partial charge is 0.488 e. The summed E-state index contributed by atoms with van der Waals surface area (Å²) in [6, 6.07) is 13.5. The molecule has 2 aromatic rings. The monoisotopic (exact) mass is 354 g/mol. The zero-order valence-corrected chi connectivity index (χ0v) is 13.7. The molecule has 0 radical (unpaired) electrons. The van der Waals surface area contributed by atoms with Crippen molar-refractivity contribution in [2.45, 2.75) is 5.92 Å². The van der Waals surface area contributed by atoms with Crippen molar-refractivity contribution in [1.82, 2.24) is 0 Å². The highest BCUT2D eigenvalue weighted by atomic mass is 35.5. The first-order valence-electron chi connectivity index (χ1n) is 7.57. The molecule has 0 saturated carbocycles. The summed E-state index contributed by atoms with van der Waals surface area (Å²) in [5.41, 5.74) is 8.34. The van der Waals surface area contributed by atoms with Gasteiger partial charge >= 0.3 is 0 Å². The average Bonchev–Trinajstić information content (AvgIpc) is 2.61. The zero-order chi connectivity index (χ0) is 17.6. The van der Waals surface area contributed by atoms with Crippen LogP contribution >= 0.6 is 11.6 Å². The summed E-state index contributed by atoms with van der Waals surface area (Å²) in [5.74, 6) is 0.137. The summed E-state index contributed by atoms with van der Waals surface area (Å²) in [4.78, 5) is 0. The fourth-order valence-corrected chi connectivity index (χ4v) is 3.28. The number of hydrogen-bond acceptors (Lipinski definition) is 4. The Morgan fingerprint density at radius 2 is 1.96 bits per heavy atom. The Bertz CT molecular complexity index is 974. The van der Waals surface area contributed by atoms with Crippen LogP contribution in [0.25, 0.3) is 5.76 Å². The molecule has 4 rings (SSSR count). The molecule has 0 saturated heterocycles. The molecule has 124 valence electrons. The molecule has 0 aromatic heterocycles. The maximum absolute atomic E-state index is 13.7. The topological polar surface area (TPSA) is 68.3 Å². The van der Waals surface area contributed by atoms with Crippen LogP contribution in [0.2, 0.25) is 5.02 Å². The van der Waals surface area contributed by atoms with Crippen LogP contribution in [0, 0.1) is 17.1 Å². The van der Waals surface area contributed by atoms with Gasteiger partial charge in [0.2, 0.25) is 5.88 Å². The number of nitrogens with zero attached hydrogens (tertiary/aromatic N) is 1. The van der Waals surface area contributed by atoms with Crippen LogP contribution in [-0.2, 0) is 4.74 Å². The smallest absolute Gasteiger partial charge is 0.205 e. The third-order valence-corrected chi connectivity index (χ3v) is 4.55. The van der Waals surface area contributed by atoms with Crippen molar-refractivity contribution < 1.29 is 13.9 Å². The van der Waals surface area contributed by atoms with Gasteiger partial charge in [0.25, 0.3) is 0 Å². The Kier molecular flexibility index (Phi) is 3.63. The van der Waals surface area contributed by atoms with Crippen LogP contribution in [0.15, 0.2) is 59.5 Å². The molecule has 2 aromatic carbocycles. The molecule has 0 unspecified atom stereocenters. The maximum atomic E-state index is 13.7. The predicted molar refractivity (Wildman–Crippen MR) is 90.9 cm³/mol. The Morgan fingerprint density at radius 1 is 1.20 bits per heavy atom. The molecule has 0 aliphatic carbocycles. The lowest BCUT2D eigenvalue weighted by molar-refractivity contribution is 0.293. The SMILES string of the molecule is N#CC1=C(N)OC2=C(COc3ccc(F)cc32)[C@H]1c1ccc(Cl)cc1. The second-order valence-electron chi connectivity index (χ2n) is 5.76. The molecule has 2 aliphatic heterocycles. The van der Waals surface area contributed by atoms with Crippen molar-refractivity contribution in [2.75, 3.05) is 6.61 Å². The van der Waals surface area contributed by atoms with Crippen molar-refractivity contribution in [3.63, 3.8) is 0 Å². The minimum atomic E-state index is -0.428. The second-order valence-corrected chi connectivity index (χ2v) is 6.20. The van der Waals surface area contributed by atoms with Crippen molar-refractivity contribution in [2.24, 2.45) is 5.73 Å². The summed E-state index contributed by atoms with van der Waals surface area (Å²) < 4.78 is 25.2. The van der Waals surface area contributed by atoms with E-state index in [0.717, 1.165) is 11.1 Å². The van der Waals surface area contributed by atoms with E-state index >= 15 is 0 Å². The van der Waals surface area contributed by atoms with E-state index in [9.17, 15) is 9.65 Å². The van der Waals surface area contributed by atoms with Gasteiger partial charge in [-0.05, 0) is 35.9 Å². The number of nitrogens with two attached hydrogens (primary N) is 1. The highest BCUT2D eigenvalue weighted by molar-refractivity contribution is 6.30. The van der Waals surface area contributed by atoms with Crippen LogP contribution in [-0.4, -0.2) is 6.61 Å².